The summed E-state index contributed by atoms with van der Waals surface area (Å²) >= 11 is 5.09. The minimum atomic E-state index is -0.922. The molecule has 0 aliphatic carbocycles. The van der Waals surface area contributed by atoms with Gasteiger partial charge in [0.1, 0.15) is 5.82 Å². The molecule has 0 saturated carbocycles. The molecule has 5 nitrogen and oxygen atoms in total. The zero-order chi connectivity index (χ0) is 22.1. The van der Waals surface area contributed by atoms with E-state index in [1.807, 2.05) is 36.4 Å². The summed E-state index contributed by atoms with van der Waals surface area (Å²) in [6.07, 6.45) is 7.41. The van der Waals surface area contributed by atoms with Gasteiger partial charge in [0.2, 0.25) is 0 Å². The third-order valence-electron chi connectivity index (χ3n) is 5.50. The van der Waals surface area contributed by atoms with Gasteiger partial charge in [-0.05, 0) is 41.0 Å². The van der Waals surface area contributed by atoms with E-state index in [9.17, 15) is 9.90 Å². The molecule has 3 rings (SSSR count). The maximum atomic E-state index is 11.5. The quantitative estimate of drug-likeness (QED) is 0.261. The van der Waals surface area contributed by atoms with E-state index in [4.69, 9.17) is 17.2 Å². The van der Waals surface area contributed by atoms with E-state index in [1.54, 1.807) is 17.5 Å². The highest BCUT2D eigenvalue weighted by Crippen LogP contribution is 2.25. The van der Waals surface area contributed by atoms with Crippen LogP contribution in [0.25, 0.3) is 11.1 Å². The first-order valence-corrected chi connectivity index (χ1v) is 11.4. The molecule has 1 unspecified atom stereocenters. The van der Waals surface area contributed by atoms with Crippen LogP contribution in [-0.4, -0.2) is 31.6 Å². The number of carboxylic acid groups (broad SMARTS) is 1. The van der Waals surface area contributed by atoms with Crippen molar-refractivity contribution in [2.45, 2.75) is 57.8 Å². The van der Waals surface area contributed by atoms with Crippen molar-refractivity contribution >= 4 is 23.6 Å². The van der Waals surface area contributed by atoms with Gasteiger partial charge in [0.15, 0.2) is 5.82 Å². The van der Waals surface area contributed by atoms with Crippen molar-refractivity contribution in [2.75, 3.05) is 0 Å². The van der Waals surface area contributed by atoms with E-state index in [-0.39, 0.29) is 5.92 Å². The summed E-state index contributed by atoms with van der Waals surface area (Å²) in [6.45, 7) is 2.22. The average Bonchev–Trinajstić information content (AvgIpc) is 3.25. The molecule has 0 saturated heterocycles. The van der Waals surface area contributed by atoms with Crippen LogP contribution in [0.4, 0.5) is 0 Å². The number of carbonyl (C=O) groups is 1. The number of benzene rings is 2. The molecule has 2 aromatic carbocycles. The Morgan fingerprint density at radius 3 is 2.61 bits per heavy atom. The topological polar surface area (TPSA) is 78.9 Å². The Hall–Kier alpha value is -2.86. The van der Waals surface area contributed by atoms with Gasteiger partial charge >= 0.3 is 5.97 Å². The summed E-state index contributed by atoms with van der Waals surface area (Å²) in [5.74, 6) is 1.03. The number of unbranched alkanes of at least 4 members (excludes halogenated alkanes) is 3. The summed E-state index contributed by atoms with van der Waals surface area (Å²) < 4.78 is 0. The molecule has 0 fully saturated rings. The maximum Gasteiger partial charge on any atom is 0.336 e. The van der Waals surface area contributed by atoms with Crippen molar-refractivity contribution in [3.8, 4) is 11.1 Å². The molecule has 0 spiro atoms. The van der Waals surface area contributed by atoms with Gasteiger partial charge in [-0.15, -0.1) is 0 Å². The number of nitrogens with one attached hydrogen (secondary N) is 1. The molecule has 0 radical (unpaired) electrons. The summed E-state index contributed by atoms with van der Waals surface area (Å²) in [7, 11) is 0. The van der Waals surface area contributed by atoms with Crippen LogP contribution in [0.5, 0.6) is 0 Å². The molecule has 31 heavy (non-hydrogen) atoms. The fourth-order valence-electron chi connectivity index (χ4n) is 3.77. The molecule has 6 heteroatoms. The largest absolute Gasteiger partial charge is 0.478 e. The highest BCUT2D eigenvalue weighted by atomic mass is 32.1. The van der Waals surface area contributed by atoms with Crippen molar-refractivity contribution in [2.24, 2.45) is 0 Å². The number of aromatic nitrogens is 3. The first-order valence-electron chi connectivity index (χ1n) is 10.9. The normalized spacial score (nSPS) is 11.9. The smallest absolute Gasteiger partial charge is 0.336 e. The number of H-pyrrole nitrogens is 1. The molecule has 1 atom stereocenters. The van der Waals surface area contributed by atoms with Crippen molar-refractivity contribution in [1.82, 2.24) is 15.2 Å². The van der Waals surface area contributed by atoms with Crippen LogP contribution in [0, 0.1) is 0 Å². The van der Waals surface area contributed by atoms with E-state index in [2.05, 4.69) is 17.1 Å². The zero-order valence-corrected chi connectivity index (χ0v) is 18.7. The molecular formula is C25H29N3O2S. The van der Waals surface area contributed by atoms with Crippen LogP contribution in [0.3, 0.4) is 0 Å². The monoisotopic (exact) mass is 435 g/mol. The fraction of sp³-hybridized carbons (Fsp3) is 0.360. The van der Waals surface area contributed by atoms with E-state index in [0.29, 0.717) is 12.0 Å². The Morgan fingerprint density at radius 1 is 1.13 bits per heavy atom. The van der Waals surface area contributed by atoms with Crippen molar-refractivity contribution < 1.29 is 9.90 Å². The van der Waals surface area contributed by atoms with E-state index in [0.717, 1.165) is 41.2 Å². The van der Waals surface area contributed by atoms with Crippen LogP contribution >= 0.6 is 12.2 Å². The van der Waals surface area contributed by atoms with Gasteiger partial charge in [0.25, 0.3) is 0 Å². The second-order valence-corrected chi connectivity index (χ2v) is 8.15. The lowest BCUT2D eigenvalue weighted by Crippen LogP contribution is -2.02. The first kappa shape index (κ1) is 22.8. The Labute approximate surface area is 188 Å². The molecule has 0 bridgehead atoms. The molecule has 3 aromatic rings. The Bertz CT molecular complexity index is 998. The van der Waals surface area contributed by atoms with Gasteiger partial charge in [-0.2, -0.15) is 5.10 Å². The summed E-state index contributed by atoms with van der Waals surface area (Å²) in [5, 5.41) is 18.7. The third kappa shape index (κ3) is 6.31. The molecule has 162 valence electrons. The van der Waals surface area contributed by atoms with E-state index < -0.39 is 5.97 Å². The Morgan fingerprint density at radius 2 is 1.90 bits per heavy atom. The van der Waals surface area contributed by atoms with Gasteiger partial charge in [-0.25, -0.2) is 9.78 Å². The first-order chi connectivity index (χ1) is 15.1. The molecule has 0 aliphatic heterocycles. The molecule has 0 aliphatic rings. The molecule has 1 heterocycles. The zero-order valence-electron chi connectivity index (χ0n) is 17.9. The molecular weight excluding hydrogens is 406 g/mol. The van der Waals surface area contributed by atoms with Crippen molar-refractivity contribution in [1.29, 1.82) is 0 Å². The van der Waals surface area contributed by atoms with Gasteiger partial charge in [0.05, 0.1) is 5.56 Å². The number of nitrogens with zero attached hydrogens (tertiary/aromatic N) is 2. The predicted molar refractivity (Wildman–Crippen MR) is 128 cm³/mol. The Balaban J connectivity index is 1.67. The summed E-state index contributed by atoms with van der Waals surface area (Å²) in [5.41, 5.74) is 3.00. The SMILES string of the molecule is CCCCCCC(CC=S)c1n[nH]c(Cc2ccc(-c3ccccc3C(=O)O)cc2)n1. The molecule has 1 aromatic heterocycles. The second kappa shape index (κ2) is 11.5. The van der Waals surface area contributed by atoms with E-state index in [1.165, 1.54) is 25.7 Å². The maximum absolute atomic E-state index is 11.5. The Kier molecular flexibility index (Phi) is 8.47. The fourth-order valence-corrected chi connectivity index (χ4v) is 4.01. The van der Waals surface area contributed by atoms with E-state index >= 15 is 0 Å². The van der Waals surface area contributed by atoms with Gasteiger partial charge in [-0.3, -0.25) is 5.10 Å². The number of aromatic amines is 1. The van der Waals surface area contributed by atoms with Gasteiger partial charge < -0.3 is 5.11 Å². The average molecular weight is 436 g/mol. The number of hydrogen-bond acceptors (Lipinski definition) is 4. The number of hydrogen-bond donors (Lipinski definition) is 2. The van der Waals surface area contributed by atoms with Crippen molar-refractivity contribution in [3.05, 3.63) is 71.3 Å². The summed E-state index contributed by atoms with van der Waals surface area (Å²) in [4.78, 5) is 16.2. The third-order valence-corrected chi connectivity index (χ3v) is 5.69. The van der Waals surface area contributed by atoms with Crippen LogP contribution < -0.4 is 0 Å². The number of rotatable bonds is 12. The van der Waals surface area contributed by atoms with Crippen molar-refractivity contribution in [3.63, 3.8) is 0 Å². The minimum absolute atomic E-state index is 0.272. The van der Waals surface area contributed by atoms with Crippen LogP contribution in [0.1, 0.15) is 78.9 Å². The highest BCUT2D eigenvalue weighted by Gasteiger charge is 2.16. The van der Waals surface area contributed by atoms with Crippen LogP contribution in [0.2, 0.25) is 0 Å². The molecule has 2 N–H and O–H groups in total. The lowest BCUT2D eigenvalue weighted by atomic mass is 9.97. The lowest BCUT2D eigenvalue weighted by molar-refractivity contribution is 0.0697. The number of thiocarbonyl (C=S) groups is 1. The predicted octanol–water partition coefficient (Wildman–Crippen LogP) is 6.20. The van der Waals surface area contributed by atoms with Gasteiger partial charge in [0, 0.05) is 12.3 Å². The number of aromatic carboxylic acids is 1. The molecule has 0 amide bonds. The minimum Gasteiger partial charge on any atom is -0.478 e. The second-order valence-electron chi connectivity index (χ2n) is 7.81. The standard InChI is InChI=1S/C25H29N3O2S/c1-2-3-4-5-8-20(15-16-31)24-26-23(27-28-24)17-18-11-13-19(14-12-18)21-9-6-7-10-22(21)25(29)30/h6-7,9-14,16,20H,2-5,8,15,17H2,1H3,(H,29,30)(H,26,27,28). The van der Waals surface area contributed by atoms with Crippen LogP contribution in [0.15, 0.2) is 48.5 Å². The lowest BCUT2D eigenvalue weighted by Gasteiger charge is -2.10. The number of carboxylic acids is 1. The summed E-state index contributed by atoms with van der Waals surface area (Å²) in [6, 6.07) is 15.0. The van der Waals surface area contributed by atoms with Gasteiger partial charge in [-0.1, -0.05) is 87.3 Å². The van der Waals surface area contributed by atoms with Crippen LogP contribution in [-0.2, 0) is 6.42 Å². The highest BCUT2D eigenvalue weighted by molar-refractivity contribution is 7.78.